The van der Waals surface area contributed by atoms with Crippen molar-refractivity contribution in [1.82, 2.24) is 0 Å². The highest BCUT2D eigenvalue weighted by atomic mass is 32.2. The summed E-state index contributed by atoms with van der Waals surface area (Å²) in [5, 5.41) is 1.81. The van der Waals surface area contributed by atoms with E-state index in [0.29, 0.717) is 23.6 Å². The third-order valence-corrected chi connectivity index (χ3v) is 5.67. The molecule has 3 aromatic carbocycles. The third-order valence-electron chi connectivity index (χ3n) is 4.73. The van der Waals surface area contributed by atoms with Crippen LogP contribution < -0.4 is 4.74 Å². The largest absolute Gasteiger partial charge is 0.489 e. The highest BCUT2D eigenvalue weighted by molar-refractivity contribution is 8.15. The Morgan fingerprint density at radius 1 is 1.07 bits per heavy atom. The van der Waals surface area contributed by atoms with Gasteiger partial charge in [0, 0.05) is 5.56 Å². The molecular formula is C24H22FNO3S. The van der Waals surface area contributed by atoms with Gasteiger partial charge in [0.25, 0.3) is 0 Å². The van der Waals surface area contributed by atoms with Gasteiger partial charge in [-0.25, -0.2) is 4.39 Å². The third kappa shape index (κ3) is 4.82. The molecule has 0 spiro atoms. The summed E-state index contributed by atoms with van der Waals surface area (Å²) in [5.74, 6) is 0.933. The van der Waals surface area contributed by atoms with E-state index in [2.05, 4.69) is 11.1 Å². The molecule has 0 radical (unpaired) electrons. The highest BCUT2D eigenvalue weighted by Crippen LogP contribution is 2.29. The van der Waals surface area contributed by atoms with Crippen LogP contribution in [0.3, 0.4) is 0 Å². The van der Waals surface area contributed by atoms with Crippen molar-refractivity contribution < 1.29 is 18.7 Å². The van der Waals surface area contributed by atoms with E-state index in [-0.39, 0.29) is 29.0 Å². The van der Waals surface area contributed by atoms with Crippen LogP contribution in [0.25, 0.3) is 10.8 Å². The van der Waals surface area contributed by atoms with Crippen molar-refractivity contribution in [1.29, 1.82) is 0 Å². The second-order valence-electron chi connectivity index (χ2n) is 7.42. The maximum atomic E-state index is 13.8. The lowest BCUT2D eigenvalue weighted by atomic mass is 10.0. The van der Waals surface area contributed by atoms with Crippen molar-refractivity contribution in [3.8, 4) is 5.75 Å². The van der Waals surface area contributed by atoms with E-state index in [0.717, 1.165) is 16.3 Å². The number of halogens is 1. The van der Waals surface area contributed by atoms with Gasteiger partial charge >= 0.3 is 5.24 Å². The van der Waals surface area contributed by atoms with Gasteiger partial charge in [-0.2, -0.15) is 4.99 Å². The zero-order chi connectivity index (χ0) is 21.1. The molecule has 0 N–H and O–H groups in total. The minimum atomic E-state index is -0.268. The lowest BCUT2D eigenvalue weighted by Crippen LogP contribution is -2.22. The van der Waals surface area contributed by atoms with Crippen LogP contribution in [-0.2, 0) is 17.8 Å². The van der Waals surface area contributed by atoms with Crippen LogP contribution in [0.15, 0.2) is 65.7 Å². The molecule has 1 aliphatic rings. The number of hydrogen-bond donors (Lipinski definition) is 0. The van der Waals surface area contributed by atoms with Crippen LogP contribution in [-0.4, -0.2) is 22.5 Å². The smallest absolute Gasteiger partial charge is 0.308 e. The molecule has 30 heavy (non-hydrogen) atoms. The lowest BCUT2D eigenvalue weighted by Gasteiger charge is -2.15. The molecule has 0 aromatic heterocycles. The number of carbonyl (C=O) groups is 1. The number of ether oxygens (including phenoxy) is 2. The van der Waals surface area contributed by atoms with Crippen molar-refractivity contribution in [2.45, 2.75) is 38.2 Å². The van der Waals surface area contributed by atoms with E-state index in [1.807, 2.05) is 44.2 Å². The summed E-state index contributed by atoms with van der Waals surface area (Å²) in [4.78, 5) is 15.7. The summed E-state index contributed by atoms with van der Waals surface area (Å²) in [6, 6.07) is 18.6. The number of hydrogen-bond acceptors (Lipinski definition) is 4. The van der Waals surface area contributed by atoms with Gasteiger partial charge in [0.1, 0.15) is 18.2 Å². The van der Waals surface area contributed by atoms with E-state index < -0.39 is 0 Å². The van der Waals surface area contributed by atoms with Gasteiger partial charge in [0.05, 0.1) is 11.4 Å². The van der Waals surface area contributed by atoms with Crippen molar-refractivity contribution in [2.24, 2.45) is 4.99 Å². The monoisotopic (exact) mass is 423 g/mol. The van der Waals surface area contributed by atoms with E-state index in [4.69, 9.17) is 9.47 Å². The highest BCUT2D eigenvalue weighted by Gasteiger charge is 2.30. The van der Waals surface area contributed by atoms with Gasteiger partial charge in [0.2, 0.25) is 5.90 Å². The fourth-order valence-electron chi connectivity index (χ4n) is 3.31. The first-order valence-electron chi connectivity index (χ1n) is 9.82. The van der Waals surface area contributed by atoms with E-state index in [9.17, 15) is 9.18 Å². The van der Waals surface area contributed by atoms with Gasteiger partial charge < -0.3 is 9.47 Å². The molecule has 4 nitrogen and oxygen atoms in total. The maximum Gasteiger partial charge on any atom is 0.308 e. The summed E-state index contributed by atoms with van der Waals surface area (Å²) in [6.07, 6.45) is 0.654. The molecule has 1 atom stereocenters. The zero-order valence-corrected chi connectivity index (χ0v) is 17.6. The topological polar surface area (TPSA) is 47.9 Å². The van der Waals surface area contributed by atoms with E-state index in [1.165, 1.54) is 17.8 Å². The molecule has 3 aromatic rings. The predicted molar refractivity (Wildman–Crippen MR) is 119 cm³/mol. The Morgan fingerprint density at radius 2 is 1.83 bits per heavy atom. The summed E-state index contributed by atoms with van der Waals surface area (Å²) in [6.45, 7) is 4.03. The second kappa shape index (κ2) is 8.88. The molecule has 154 valence electrons. The first-order chi connectivity index (χ1) is 14.5. The fourth-order valence-corrected chi connectivity index (χ4v) is 4.18. The van der Waals surface area contributed by atoms with Gasteiger partial charge in [-0.15, -0.1) is 0 Å². The maximum absolute atomic E-state index is 13.8. The van der Waals surface area contributed by atoms with Crippen molar-refractivity contribution >= 4 is 33.7 Å². The Kier molecular flexibility index (Phi) is 6.04. The summed E-state index contributed by atoms with van der Waals surface area (Å²) < 4.78 is 25.2. The molecule has 4 rings (SSSR count). The zero-order valence-electron chi connectivity index (χ0n) is 16.8. The molecule has 6 heteroatoms. The second-order valence-corrected chi connectivity index (χ2v) is 8.57. The normalized spacial score (nSPS) is 16.2. The summed E-state index contributed by atoms with van der Waals surface area (Å²) in [7, 11) is 0. The average Bonchev–Trinajstić information content (AvgIpc) is 3.05. The van der Waals surface area contributed by atoms with Gasteiger partial charge in [-0.05, 0) is 66.6 Å². The predicted octanol–water partition coefficient (Wildman–Crippen LogP) is 6.16. The van der Waals surface area contributed by atoms with Crippen molar-refractivity contribution in [2.75, 3.05) is 0 Å². The first kappa shape index (κ1) is 20.4. The number of nitrogens with zero attached hydrogens (tertiary/aromatic N) is 1. The Morgan fingerprint density at radius 3 is 2.63 bits per heavy atom. The molecule has 0 saturated carbocycles. The van der Waals surface area contributed by atoms with Gasteiger partial charge in [0.15, 0.2) is 0 Å². The van der Waals surface area contributed by atoms with Crippen LogP contribution in [0, 0.1) is 5.82 Å². The number of amides is 1. The average molecular weight is 424 g/mol. The number of fused-ring (bicyclic) bond motifs is 1. The molecule has 1 unspecified atom stereocenters. The van der Waals surface area contributed by atoms with Gasteiger partial charge in [-0.1, -0.05) is 42.5 Å². The molecule has 1 amide bonds. The van der Waals surface area contributed by atoms with Crippen LogP contribution in [0.4, 0.5) is 9.18 Å². The fraction of sp³-hybridized carbons (Fsp3) is 0.250. The number of benzene rings is 3. The minimum Gasteiger partial charge on any atom is -0.489 e. The Bertz CT molecular complexity index is 1110. The quantitative estimate of drug-likeness (QED) is 0.476. The van der Waals surface area contributed by atoms with Crippen LogP contribution in [0.5, 0.6) is 5.75 Å². The Balaban J connectivity index is 1.46. The Hall–Kier alpha value is -2.86. The van der Waals surface area contributed by atoms with E-state index >= 15 is 0 Å². The minimum absolute atomic E-state index is 0.0165. The standard InChI is InChI=1S/C24H22FNO3S/c1-15(2)29-23-22(30-24(27)26-23)12-16-7-8-18-13-20(10-9-17(18)11-16)28-14-19-5-3-4-6-21(19)25/h3-11,13,15,22H,12,14H2,1-2H3. The molecule has 0 aliphatic carbocycles. The molecule has 0 saturated heterocycles. The molecule has 0 fully saturated rings. The number of aliphatic imine (C=N–C) groups is 1. The van der Waals surface area contributed by atoms with Crippen molar-refractivity contribution in [3.63, 3.8) is 0 Å². The number of thioether (sulfide) groups is 1. The molecular weight excluding hydrogens is 401 g/mol. The SMILES string of the molecule is CC(C)OC1=NC(=O)SC1Cc1ccc2cc(OCc3ccccc3F)ccc2c1. The van der Waals surface area contributed by atoms with Crippen LogP contribution >= 0.6 is 11.8 Å². The summed E-state index contributed by atoms with van der Waals surface area (Å²) in [5.41, 5.74) is 1.63. The van der Waals surface area contributed by atoms with E-state index in [1.54, 1.807) is 18.2 Å². The first-order valence-corrected chi connectivity index (χ1v) is 10.7. The van der Waals surface area contributed by atoms with Crippen LogP contribution in [0.1, 0.15) is 25.0 Å². The summed E-state index contributed by atoms with van der Waals surface area (Å²) >= 11 is 1.21. The van der Waals surface area contributed by atoms with Gasteiger partial charge in [-0.3, -0.25) is 4.79 Å². The number of carbonyl (C=O) groups excluding carboxylic acids is 1. The number of rotatable bonds is 6. The Labute approximate surface area is 179 Å². The van der Waals surface area contributed by atoms with Crippen LogP contribution in [0.2, 0.25) is 0 Å². The van der Waals surface area contributed by atoms with Crippen molar-refractivity contribution in [3.05, 3.63) is 77.6 Å². The molecule has 1 aliphatic heterocycles. The molecule has 0 bridgehead atoms. The molecule has 1 heterocycles. The lowest BCUT2D eigenvalue weighted by molar-refractivity contribution is 0.222.